The molecule has 1 unspecified atom stereocenters. The van der Waals surface area contributed by atoms with Gasteiger partial charge in [0.25, 0.3) is 0 Å². The first-order valence-corrected chi connectivity index (χ1v) is 7.31. The van der Waals surface area contributed by atoms with Gasteiger partial charge in [-0.3, -0.25) is 0 Å². The summed E-state index contributed by atoms with van der Waals surface area (Å²) >= 11 is 6.19. The van der Waals surface area contributed by atoms with E-state index >= 15 is 0 Å². The maximum absolute atomic E-state index is 6.19. The molecule has 1 N–H and O–H groups in total. The highest BCUT2D eigenvalue weighted by atomic mass is 35.5. The van der Waals surface area contributed by atoms with Gasteiger partial charge in [0.2, 0.25) is 11.7 Å². The number of nitrogens with zero attached hydrogens (tertiary/aromatic N) is 2. The summed E-state index contributed by atoms with van der Waals surface area (Å²) in [7, 11) is 0. The molecular formula is C15H18ClN3O. The van der Waals surface area contributed by atoms with Crippen LogP contribution in [0.15, 0.2) is 28.8 Å². The molecule has 1 aromatic heterocycles. The summed E-state index contributed by atoms with van der Waals surface area (Å²) in [6.45, 7) is 6.27. The standard InChI is InChI=1S/C15H18ClN3O/c1-10(2)15(7-8-17-9-15)14-18-13(19-20-14)11-5-3-4-6-12(11)16/h3-6,10,17H,7-9H2,1-2H3. The number of hydrogen-bond acceptors (Lipinski definition) is 4. The minimum absolute atomic E-state index is 0.0630. The van der Waals surface area contributed by atoms with Crippen molar-refractivity contribution in [3.63, 3.8) is 0 Å². The molecule has 5 heteroatoms. The van der Waals surface area contributed by atoms with Gasteiger partial charge in [0.1, 0.15) is 0 Å². The molecule has 0 saturated carbocycles. The van der Waals surface area contributed by atoms with Gasteiger partial charge in [-0.05, 0) is 31.0 Å². The van der Waals surface area contributed by atoms with E-state index in [0.29, 0.717) is 22.7 Å². The quantitative estimate of drug-likeness (QED) is 0.943. The number of hydrogen-bond donors (Lipinski definition) is 1. The van der Waals surface area contributed by atoms with Crippen LogP contribution in [0.5, 0.6) is 0 Å². The molecule has 0 spiro atoms. The number of rotatable bonds is 3. The summed E-state index contributed by atoms with van der Waals surface area (Å²) in [5.74, 6) is 1.72. The largest absolute Gasteiger partial charge is 0.338 e. The van der Waals surface area contributed by atoms with Gasteiger partial charge in [0.05, 0.1) is 10.4 Å². The first kappa shape index (κ1) is 13.6. The number of benzene rings is 1. The van der Waals surface area contributed by atoms with Gasteiger partial charge in [-0.1, -0.05) is 42.7 Å². The summed E-state index contributed by atoms with van der Waals surface area (Å²) < 4.78 is 5.56. The topological polar surface area (TPSA) is 51.0 Å². The molecule has 0 amide bonds. The molecule has 0 radical (unpaired) electrons. The highest BCUT2D eigenvalue weighted by Crippen LogP contribution is 2.38. The van der Waals surface area contributed by atoms with E-state index in [2.05, 4.69) is 29.3 Å². The van der Waals surface area contributed by atoms with E-state index in [1.807, 2.05) is 24.3 Å². The van der Waals surface area contributed by atoms with Gasteiger partial charge in [0.15, 0.2) is 0 Å². The van der Waals surface area contributed by atoms with Crippen LogP contribution in [-0.2, 0) is 5.41 Å². The molecule has 1 fully saturated rings. The molecule has 4 nitrogen and oxygen atoms in total. The van der Waals surface area contributed by atoms with Crippen molar-refractivity contribution in [1.29, 1.82) is 0 Å². The van der Waals surface area contributed by atoms with Gasteiger partial charge in [-0.2, -0.15) is 4.98 Å². The van der Waals surface area contributed by atoms with E-state index in [4.69, 9.17) is 16.1 Å². The second-order valence-corrected chi connectivity index (χ2v) is 6.05. The molecule has 3 rings (SSSR count). The lowest BCUT2D eigenvalue weighted by Gasteiger charge is -2.28. The Morgan fingerprint density at radius 2 is 2.15 bits per heavy atom. The molecule has 1 aliphatic heterocycles. The molecule has 106 valence electrons. The van der Waals surface area contributed by atoms with Crippen molar-refractivity contribution in [2.24, 2.45) is 5.92 Å². The summed E-state index contributed by atoms with van der Waals surface area (Å²) in [5.41, 5.74) is 0.751. The lowest BCUT2D eigenvalue weighted by Crippen LogP contribution is -2.35. The Hall–Kier alpha value is -1.39. The van der Waals surface area contributed by atoms with Gasteiger partial charge in [-0.15, -0.1) is 0 Å². The molecule has 2 aromatic rings. The van der Waals surface area contributed by atoms with Crippen molar-refractivity contribution >= 4 is 11.6 Å². The van der Waals surface area contributed by atoms with Gasteiger partial charge >= 0.3 is 0 Å². The van der Waals surface area contributed by atoms with Crippen molar-refractivity contribution in [2.75, 3.05) is 13.1 Å². The van der Waals surface area contributed by atoms with Crippen LogP contribution < -0.4 is 5.32 Å². The first-order chi connectivity index (χ1) is 9.63. The third kappa shape index (κ3) is 2.13. The fraction of sp³-hybridized carbons (Fsp3) is 0.467. The van der Waals surface area contributed by atoms with Crippen LogP contribution in [0.1, 0.15) is 26.2 Å². The second-order valence-electron chi connectivity index (χ2n) is 5.64. The van der Waals surface area contributed by atoms with Crippen LogP contribution >= 0.6 is 11.6 Å². The van der Waals surface area contributed by atoms with Gasteiger partial charge in [0, 0.05) is 12.1 Å². The average molecular weight is 292 g/mol. The Balaban J connectivity index is 2.00. The smallest absolute Gasteiger partial charge is 0.234 e. The monoisotopic (exact) mass is 291 g/mol. The van der Waals surface area contributed by atoms with Crippen molar-refractivity contribution in [1.82, 2.24) is 15.5 Å². The van der Waals surface area contributed by atoms with Crippen molar-refractivity contribution in [2.45, 2.75) is 25.7 Å². The molecule has 1 saturated heterocycles. The van der Waals surface area contributed by atoms with Gasteiger partial charge in [-0.25, -0.2) is 0 Å². The van der Waals surface area contributed by atoms with Gasteiger partial charge < -0.3 is 9.84 Å². The summed E-state index contributed by atoms with van der Waals surface area (Å²) in [5, 5.41) is 8.16. The number of nitrogens with one attached hydrogen (secondary N) is 1. The highest BCUT2D eigenvalue weighted by molar-refractivity contribution is 6.33. The van der Waals surface area contributed by atoms with Crippen molar-refractivity contribution in [3.8, 4) is 11.4 Å². The molecule has 1 aliphatic rings. The summed E-state index contributed by atoms with van der Waals surface area (Å²) in [6, 6.07) is 7.56. The van der Waals surface area contributed by atoms with Crippen LogP contribution in [0.25, 0.3) is 11.4 Å². The lowest BCUT2D eigenvalue weighted by molar-refractivity contribution is 0.234. The van der Waals surface area contributed by atoms with E-state index in [9.17, 15) is 0 Å². The predicted octanol–water partition coefficient (Wildman–Crippen LogP) is 3.28. The van der Waals surface area contributed by atoms with E-state index in [0.717, 1.165) is 25.1 Å². The van der Waals surface area contributed by atoms with Crippen molar-refractivity contribution in [3.05, 3.63) is 35.2 Å². The summed E-state index contributed by atoms with van der Waals surface area (Å²) in [6.07, 6.45) is 1.02. The Morgan fingerprint density at radius 1 is 1.35 bits per heavy atom. The highest BCUT2D eigenvalue weighted by Gasteiger charge is 2.43. The molecule has 2 heterocycles. The average Bonchev–Trinajstić information content (AvgIpc) is 3.09. The second kappa shape index (κ2) is 5.19. The predicted molar refractivity (Wildman–Crippen MR) is 78.7 cm³/mol. The zero-order valence-corrected chi connectivity index (χ0v) is 12.4. The minimum Gasteiger partial charge on any atom is -0.338 e. The molecule has 0 bridgehead atoms. The maximum Gasteiger partial charge on any atom is 0.234 e. The molecule has 20 heavy (non-hydrogen) atoms. The zero-order chi connectivity index (χ0) is 14.2. The normalized spacial score (nSPS) is 22.6. The fourth-order valence-electron chi connectivity index (χ4n) is 2.81. The molecule has 0 aliphatic carbocycles. The first-order valence-electron chi connectivity index (χ1n) is 6.93. The van der Waals surface area contributed by atoms with E-state index in [1.54, 1.807) is 0 Å². The van der Waals surface area contributed by atoms with Crippen molar-refractivity contribution < 1.29 is 4.52 Å². The van der Waals surface area contributed by atoms with Crippen LogP contribution in [0.2, 0.25) is 5.02 Å². The number of aromatic nitrogens is 2. The van der Waals surface area contributed by atoms with E-state index < -0.39 is 0 Å². The SMILES string of the molecule is CC(C)C1(c2nc(-c3ccccc3Cl)no2)CCNC1. The minimum atomic E-state index is -0.0630. The van der Waals surface area contributed by atoms with E-state index in [1.165, 1.54) is 0 Å². The van der Waals surface area contributed by atoms with E-state index in [-0.39, 0.29) is 5.41 Å². The van der Waals surface area contributed by atoms with Crippen LogP contribution in [-0.4, -0.2) is 23.2 Å². The van der Waals surface area contributed by atoms with Crippen LogP contribution in [0, 0.1) is 5.92 Å². The third-order valence-corrected chi connectivity index (χ3v) is 4.59. The fourth-order valence-corrected chi connectivity index (χ4v) is 3.03. The van der Waals surface area contributed by atoms with Crippen LogP contribution in [0.4, 0.5) is 0 Å². The third-order valence-electron chi connectivity index (χ3n) is 4.26. The Kier molecular flexibility index (Phi) is 3.52. The Labute approximate surface area is 123 Å². The molecule has 1 atom stereocenters. The molecular weight excluding hydrogens is 274 g/mol. The zero-order valence-electron chi connectivity index (χ0n) is 11.7. The Morgan fingerprint density at radius 3 is 2.80 bits per heavy atom. The van der Waals surface area contributed by atoms with Crippen LogP contribution in [0.3, 0.4) is 0 Å². The molecule has 1 aromatic carbocycles. The number of halogens is 1. The lowest BCUT2D eigenvalue weighted by atomic mass is 9.76. The summed E-state index contributed by atoms with van der Waals surface area (Å²) in [4.78, 5) is 4.61. The maximum atomic E-state index is 6.19. The Bertz CT molecular complexity index is 603.